The van der Waals surface area contributed by atoms with Crippen molar-refractivity contribution in [2.24, 2.45) is 0 Å². The zero-order valence-corrected chi connectivity index (χ0v) is 20.1. The molecule has 0 aromatic heterocycles. The van der Waals surface area contributed by atoms with Gasteiger partial charge in [0.25, 0.3) is 5.91 Å². The Morgan fingerprint density at radius 1 is 1.03 bits per heavy atom. The molecule has 0 spiro atoms. The van der Waals surface area contributed by atoms with E-state index >= 15 is 0 Å². The molecule has 0 aliphatic rings. The van der Waals surface area contributed by atoms with Crippen molar-refractivity contribution in [2.45, 2.75) is 51.3 Å². The zero-order chi connectivity index (χ0) is 22.5. The van der Waals surface area contributed by atoms with Gasteiger partial charge in [0, 0.05) is 25.5 Å². The number of nitrogens with zero attached hydrogens (tertiary/aromatic N) is 1. The highest BCUT2D eigenvalue weighted by Gasteiger charge is 2.17. The van der Waals surface area contributed by atoms with E-state index in [1.165, 1.54) is 34.0 Å². The lowest BCUT2D eigenvalue weighted by molar-refractivity contribution is -0.125. The van der Waals surface area contributed by atoms with Gasteiger partial charge in [0.2, 0.25) is 5.91 Å². The van der Waals surface area contributed by atoms with Crippen molar-refractivity contribution < 1.29 is 9.59 Å². The summed E-state index contributed by atoms with van der Waals surface area (Å²) in [6, 6.07) is 12.0. The minimum Gasteiger partial charge on any atom is -0.352 e. The second kappa shape index (κ2) is 10.2. The SMILES string of the molecule is Cc1cc(C(C)(C)C)cc(C)c1CCNC(=O)c1ccccc1SCC(=O)N(C)C. The van der Waals surface area contributed by atoms with Crippen molar-refractivity contribution in [2.75, 3.05) is 26.4 Å². The maximum absolute atomic E-state index is 12.8. The number of thioether (sulfide) groups is 1. The van der Waals surface area contributed by atoms with Gasteiger partial charge in [-0.25, -0.2) is 0 Å². The third kappa shape index (κ3) is 6.36. The molecule has 2 amide bonds. The summed E-state index contributed by atoms with van der Waals surface area (Å²) >= 11 is 1.40. The lowest BCUT2D eigenvalue weighted by Gasteiger charge is -2.22. The molecule has 0 heterocycles. The molecule has 0 saturated carbocycles. The number of amides is 2. The van der Waals surface area contributed by atoms with E-state index in [2.05, 4.69) is 52.1 Å². The number of hydrogen-bond donors (Lipinski definition) is 1. The van der Waals surface area contributed by atoms with E-state index in [9.17, 15) is 9.59 Å². The van der Waals surface area contributed by atoms with Gasteiger partial charge >= 0.3 is 0 Å². The fraction of sp³-hybridized carbons (Fsp3) is 0.440. The predicted molar refractivity (Wildman–Crippen MR) is 127 cm³/mol. The molecule has 0 aliphatic carbocycles. The monoisotopic (exact) mass is 426 g/mol. The van der Waals surface area contributed by atoms with Gasteiger partial charge in [0.1, 0.15) is 0 Å². The first-order valence-electron chi connectivity index (χ1n) is 10.3. The molecule has 4 nitrogen and oxygen atoms in total. The van der Waals surface area contributed by atoms with Gasteiger partial charge in [-0.15, -0.1) is 11.8 Å². The third-order valence-corrected chi connectivity index (χ3v) is 6.26. The van der Waals surface area contributed by atoms with Crippen LogP contribution in [0.3, 0.4) is 0 Å². The van der Waals surface area contributed by atoms with E-state index in [4.69, 9.17) is 0 Å². The van der Waals surface area contributed by atoms with E-state index in [-0.39, 0.29) is 17.2 Å². The van der Waals surface area contributed by atoms with Gasteiger partial charge in [-0.3, -0.25) is 9.59 Å². The van der Waals surface area contributed by atoms with E-state index in [1.54, 1.807) is 19.0 Å². The molecule has 30 heavy (non-hydrogen) atoms. The molecule has 0 aliphatic heterocycles. The van der Waals surface area contributed by atoms with Crippen LogP contribution in [-0.4, -0.2) is 43.1 Å². The Morgan fingerprint density at radius 2 is 1.63 bits per heavy atom. The average Bonchev–Trinajstić information content (AvgIpc) is 2.67. The number of aryl methyl sites for hydroxylation is 2. The highest BCUT2D eigenvalue weighted by atomic mass is 32.2. The molecule has 0 fully saturated rings. The summed E-state index contributed by atoms with van der Waals surface area (Å²) < 4.78 is 0. The third-order valence-electron chi connectivity index (χ3n) is 5.20. The number of rotatable bonds is 7. The lowest BCUT2D eigenvalue weighted by atomic mass is 9.83. The van der Waals surface area contributed by atoms with Crippen molar-refractivity contribution in [3.05, 3.63) is 64.2 Å². The topological polar surface area (TPSA) is 49.4 Å². The Balaban J connectivity index is 2.03. The fourth-order valence-corrected chi connectivity index (χ4v) is 4.29. The molecule has 2 aromatic carbocycles. The Bertz CT molecular complexity index is 891. The van der Waals surface area contributed by atoms with E-state index < -0.39 is 0 Å². The highest BCUT2D eigenvalue weighted by Crippen LogP contribution is 2.27. The molecule has 5 heteroatoms. The van der Waals surface area contributed by atoms with Gasteiger partial charge in [-0.1, -0.05) is 45.0 Å². The molecule has 0 radical (unpaired) electrons. The van der Waals surface area contributed by atoms with Gasteiger partial charge in [0.05, 0.1) is 11.3 Å². The average molecular weight is 427 g/mol. The summed E-state index contributed by atoms with van der Waals surface area (Å²) in [5.74, 6) is 0.243. The first-order chi connectivity index (χ1) is 14.0. The van der Waals surface area contributed by atoms with E-state index in [0.29, 0.717) is 17.9 Å². The van der Waals surface area contributed by atoms with Gasteiger partial charge < -0.3 is 10.2 Å². The lowest BCUT2D eigenvalue weighted by Crippen LogP contribution is -2.27. The second-order valence-corrected chi connectivity index (χ2v) is 9.93. The van der Waals surface area contributed by atoms with Crippen LogP contribution < -0.4 is 5.32 Å². The normalized spacial score (nSPS) is 11.3. The minimum absolute atomic E-state index is 0.0277. The summed E-state index contributed by atoms with van der Waals surface area (Å²) in [5.41, 5.74) is 5.91. The predicted octanol–water partition coefficient (Wildman–Crippen LogP) is 4.75. The maximum Gasteiger partial charge on any atom is 0.252 e. The Kier molecular flexibility index (Phi) is 8.13. The van der Waals surface area contributed by atoms with E-state index in [1.807, 2.05) is 24.3 Å². The minimum atomic E-state index is -0.1000. The maximum atomic E-state index is 12.8. The van der Waals surface area contributed by atoms with Crippen molar-refractivity contribution >= 4 is 23.6 Å². The van der Waals surface area contributed by atoms with Gasteiger partial charge in [-0.05, 0) is 60.1 Å². The van der Waals surface area contributed by atoms with Crippen molar-refractivity contribution in [1.82, 2.24) is 10.2 Å². The number of carbonyl (C=O) groups excluding carboxylic acids is 2. The summed E-state index contributed by atoms with van der Waals surface area (Å²) in [6.07, 6.45) is 0.794. The van der Waals surface area contributed by atoms with Crippen LogP contribution in [0, 0.1) is 13.8 Å². The van der Waals surface area contributed by atoms with Crippen LogP contribution in [0.4, 0.5) is 0 Å². The number of hydrogen-bond acceptors (Lipinski definition) is 3. The fourth-order valence-electron chi connectivity index (χ4n) is 3.27. The van der Waals surface area contributed by atoms with Crippen molar-refractivity contribution in [1.29, 1.82) is 0 Å². The molecular formula is C25H34N2O2S. The Hall–Kier alpha value is -2.27. The molecular weight excluding hydrogens is 392 g/mol. The largest absolute Gasteiger partial charge is 0.352 e. The Morgan fingerprint density at radius 3 is 2.20 bits per heavy atom. The van der Waals surface area contributed by atoms with Crippen LogP contribution in [0.25, 0.3) is 0 Å². The number of nitrogens with one attached hydrogen (secondary N) is 1. The molecule has 0 bridgehead atoms. The highest BCUT2D eigenvalue weighted by molar-refractivity contribution is 8.00. The van der Waals surface area contributed by atoms with Crippen molar-refractivity contribution in [3.8, 4) is 0 Å². The standard InChI is InChI=1S/C25H34N2O2S/c1-17-14-19(25(3,4)5)15-18(2)20(17)12-13-26-24(29)21-10-8-9-11-22(21)30-16-23(28)27(6)7/h8-11,14-15H,12-13,16H2,1-7H3,(H,26,29). The quantitative estimate of drug-likeness (QED) is 0.650. The van der Waals surface area contributed by atoms with Crippen LogP contribution in [0.15, 0.2) is 41.3 Å². The van der Waals surface area contributed by atoms with Crippen LogP contribution in [0.1, 0.15) is 53.4 Å². The first-order valence-corrected chi connectivity index (χ1v) is 11.3. The number of carbonyl (C=O) groups is 2. The van der Waals surface area contributed by atoms with Crippen LogP contribution >= 0.6 is 11.8 Å². The van der Waals surface area contributed by atoms with E-state index in [0.717, 1.165) is 11.3 Å². The van der Waals surface area contributed by atoms with Gasteiger partial charge in [-0.2, -0.15) is 0 Å². The molecule has 2 aromatic rings. The molecule has 2 rings (SSSR count). The van der Waals surface area contributed by atoms with Gasteiger partial charge in [0.15, 0.2) is 0 Å². The molecule has 0 unspecified atom stereocenters. The molecule has 0 atom stereocenters. The Labute approximate surface area is 185 Å². The smallest absolute Gasteiger partial charge is 0.252 e. The summed E-state index contributed by atoms with van der Waals surface area (Å²) in [6.45, 7) is 11.5. The van der Waals surface area contributed by atoms with Crippen LogP contribution in [0.5, 0.6) is 0 Å². The summed E-state index contributed by atoms with van der Waals surface area (Å²) in [7, 11) is 3.47. The number of benzene rings is 2. The molecule has 162 valence electrons. The second-order valence-electron chi connectivity index (χ2n) is 8.92. The van der Waals surface area contributed by atoms with Crippen molar-refractivity contribution in [3.63, 3.8) is 0 Å². The molecule has 1 N–H and O–H groups in total. The summed E-state index contributed by atoms with van der Waals surface area (Å²) in [4.78, 5) is 27.0. The van der Waals surface area contributed by atoms with Crippen LogP contribution in [0.2, 0.25) is 0 Å². The zero-order valence-electron chi connectivity index (χ0n) is 19.3. The first kappa shape index (κ1) is 24.0. The van der Waals surface area contributed by atoms with Crippen LogP contribution in [-0.2, 0) is 16.6 Å². The molecule has 0 saturated heterocycles. The summed E-state index contributed by atoms with van der Waals surface area (Å²) in [5, 5.41) is 3.05.